The number of hydrogen-bond acceptors (Lipinski definition) is 6. The van der Waals surface area contributed by atoms with Gasteiger partial charge in [0.1, 0.15) is 0 Å². The van der Waals surface area contributed by atoms with Gasteiger partial charge in [-0.3, -0.25) is 15.5 Å². The monoisotopic (exact) mass is 473 g/mol. The minimum Gasteiger partial charge on any atom is -0.261 e. The summed E-state index contributed by atoms with van der Waals surface area (Å²) in [6.45, 7) is 0. The van der Waals surface area contributed by atoms with Crippen LogP contribution in [0.3, 0.4) is 0 Å². The van der Waals surface area contributed by atoms with Gasteiger partial charge in [-0.1, -0.05) is 70.5 Å². The van der Waals surface area contributed by atoms with Crippen LogP contribution in [0.1, 0.15) is 5.56 Å². The SMILES string of the molecule is O=[N+]([O-])c1ccccc1C=NNc1cc(-c2ccccc2)nc(-c2ccc(Br)cc2)n1. The van der Waals surface area contributed by atoms with Crippen molar-refractivity contribution in [1.29, 1.82) is 0 Å². The van der Waals surface area contributed by atoms with Gasteiger partial charge in [-0.2, -0.15) is 5.10 Å². The first-order valence-corrected chi connectivity index (χ1v) is 10.1. The van der Waals surface area contributed by atoms with Crippen molar-refractivity contribution in [2.45, 2.75) is 0 Å². The fraction of sp³-hybridized carbons (Fsp3) is 0. The zero-order chi connectivity index (χ0) is 21.6. The third-order valence-electron chi connectivity index (χ3n) is 4.41. The van der Waals surface area contributed by atoms with E-state index in [1.807, 2.05) is 54.6 Å². The van der Waals surface area contributed by atoms with Crippen molar-refractivity contribution in [3.05, 3.63) is 105 Å². The van der Waals surface area contributed by atoms with E-state index in [0.717, 1.165) is 21.3 Å². The van der Waals surface area contributed by atoms with Crippen molar-refractivity contribution in [3.63, 3.8) is 0 Å². The number of hydrogen-bond donors (Lipinski definition) is 1. The molecule has 0 atom stereocenters. The highest BCUT2D eigenvalue weighted by atomic mass is 79.9. The minimum absolute atomic E-state index is 0.0173. The van der Waals surface area contributed by atoms with Crippen molar-refractivity contribution in [1.82, 2.24) is 9.97 Å². The quantitative estimate of drug-likeness (QED) is 0.213. The van der Waals surface area contributed by atoms with Gasteiger partial charge < -0.3 is 0 Å². The average Bonchev–Trinajstić information content (AvgIpc) is 2.80. The normalized spacial score (nSPS) is 10.9. The number of anilines is 1. The van der Waals surface area contributed by atoms with Crippen molar-refractivity contribution >= 4 is 33.6 Å². The molecule has 31 heavy (non-hydrogen) atoms. The first kappa shape index (κ1) is 20.4. The maximum Gasteiger partial charge on any atom is 0.278 e. The van der Waals surface area contributed by atoms with Gasteiger partial charge >= 0.3 is 0 Å². The summed E-state index contributed by atoms with van der Waals surface area (Å²) in [6.07, 6.45) is 1.40. The van der Waals surface area contributed by atoms with Crippen molar-refractivity contribution in [3.8, 4) is 22.6 Å². The molecule has 1 aromatic heterocycles. The second-order valence-corrected chi connectivity index (χ2v) is 7.44. The lowest BCUT2D eigenvalue weighted by molar-refractivity contribution is -0.385. The van der Waals surface area contributed by atoms with Gasteiger partial charge in [0, 0.05) is 27.7 Å². The van der Waals surface area contributed by atoms with Crippen LogP contribution < -0.4 is 5.43 Å². The molecular formula is C23H16BrN5O2. The second-order valence-electron chi connectivity index (χ2n) is 6.52. The molecule has 0 unspecified atom stereocenters. The highest BCUT2D eigenvalue weighted by molar-refractivity contribution is 9.10. The van der Waals surface area contributed by atoms with Crippen LogP contribution in [0.2, 0.25) is 0 Å². The molecule has 0 fully saturated rings. The third-order valence-corrected chi connectivity index (χ3v) is 4.94. The van der Waals surface area contributed by atoms with Gasteiger partial charge in [0.25, 0.3) is 5.69 Å². The molecule has 0 aliphatic carbocycles. The first-order chi connectivity index (χ1) is 15.1. The molecule has 0 amide bonds. The van der Waals surface area contributed by atoms with Crippen LogP contribution in [0.25, 0.3) is 22.6 Å². The number of para-hydroxylation sites is 1. The number of nitrogens with one attached hydrogen (secondary N) is 1. The van der Waals surface area contributed by atoms with Crippen molar-refractivity contribution in [2.75, 3.05) is 5.43 Å². The Morgan fingerprint density at radius 3 is 2.35 bits per heavy atom. The topological polar surface area (TPSA) is 93.3 Å². The Bertz CT molecular complexity index is 1240. The molecule has 4 rings (SSSR count). The summed E-state index contributed by atoms with van der Waals surface area (Å²) in [5.74, 6) is 1.01. The third kappa shape index (κ3) is 4.99. The van der Waals surface area contributed by atoms with E-state index in [1.165, 1.54) is 12.3 Å². The van der Waals surface area contributed by atoms with E-state index < -0.39 is 4.92 Å². The number of nitrogens with zero attached hydrogens (tertiary/aromatic N) is 4. The molecule has 0 saturated carbocycles. The summed E-state index contributed by atoms with van der Waals surface area (Å²) in [4.78, 5) is 20.0. The summed E-state index contributed by atoms with van der Waals surface area (Å²) in [6, 6.07) is 25.6. The molecule has 152 valence electrons. The van der Waals surface area contributed by atoms with Gasteiger partial charge in [0.05, 0.1) is 22.4 Å². The Hall–Kier alpha value is -3.91. The standard InChI is InChI=1S/C23H16BrN5O2/c24-19-12-10-17(11-13-19)23-26-20(16-6-2-1-3-7-16)14-22(27-23)28-25-15-18-8-4-5-9-21(18)29(30)31/h1-15H,(H,26,27,28). The molecule has 7 nitrogen and oxygen atoms in total. The summed E-state index contributed by atoms with van der Waals surface area (Å²) in [7, 11) is 0. The molecule has 0 aliphatic rings. The minimum atomic E-state index is -0.439. The van der Waals surface area contributed by atoms with Crippen LogP contribution in [0.4, 0.5) is 11.5 Å². The molecule has 3 aromatic carbocycles. The predicted molar refractivity (Wildman–Crippen MR) is 125 cm³/mol. The lowest BCUT2D eigenvalue weighted by Gasteiger charge is -2.08. The molecule has 8 heteroatoms. The average molecular weight is 474 g/mol. The molecule has 4 aromatic rings. The van der Waals surface area contributed by atoms with Gasteiger partial charge in [-0.15, -0.1) is 0 Å². The molecular weight excluding hydrogens is 458 g/mol. The van der Waals surface area contributed by atoms with E-state index in [9.17, 15) is 10.1 Å². The van der Waals surface area contributed by atoms with E-state index in [2.05, 4.69) is 31.4 Å². The van der Waals surface area contributed by atoms with Gasteiger partial charge in [0.2, 0.25) is 0 Å². The van der Waals surface area contributed by atoms with Crippen LogP contribution in [0.15, 0.2) is 94.5 Å². The van der Waals surface area contributed by atoms with E-state index in [0.29, 0.717) is 17.2 Å². The Labute approximate surface area is 186 Å². The Balaban J connectivity index is 1.69. The molecule has 0 saturated heterocycles. The number of nitro benzene ring substituents is 1. The Morgan fingerprint density at radius 2 is 1.61 bits per heavy atom. The lowest BCUT2D eigenvalue weighted by Crippen LogP contribution is -2.00. The summed E-state index contributed by atoms with van der Waals surface area (Å²) in [5, 5.41) is 15.3. The number of halogens is 1. The van der Waals surface area contributed by atoms with Gasteiger partial charge in [-0.25, -0.2) is 9.97 Å². The number of aromatic nitrogens is 2. The maximum absolute atomic E-state index is 11.2. The summed E-state index contributed by atoms with van der Waals surface area (Å²) >= 11 is 3.44. The second kappa shape index (κ2) is 9.27. The number of hydrazone groups is 1. The zero-order valence-corrected chi connectivity index (χ0v) is 17.7. The number of rotatable bonds is 6. The predicted octanol–water partition coefficient (Wildman–Crippen LogP) is 5.93. The number of nitro groups is 1. The summed E-state index contributed by atoms with van der Waals surface area (Å²) < 4.78 is 0.961. The Morgan fingerprint density at radius 1 is 0.903 bits per heavy atom. The maximum atomic E-state index is 11.2. The Kier molecular flexibility index (Phi) is 6.09. The van der Waals surface area contributed by atoms with Gasteiger partial charge in [0.15, 0.2) is 11.6 Å². The number of benzene rings is 3. The molecule has 1 N–H and O–H groups in total. The molecule has 0 spiro atoms. The highest BCUT2D eigenvalue weighted by Crippen LogP contribution is 2.25. The first-order valence-electron chi connectivity index (χ1n) is 9.33. The largest absolute Gasteiger partial charge is 0.278 e. The van der Waals surface area contributed by atoms with E-state index in [-0.39, 0.29) is 5.69 Å². The van der Waals surface area contributed by atoms with Gasteiger partial charge in [-0.05, 0) is 18.2 Å². The van der Waals surface area contributed by atoms with Crippen LogP contribution in [0, 0.1) is 10.1 Å². The van der Waals surface area contributed by atoms with E-state index in [4.69, 9.17) is 4.98 Å². The van der Waals surface area contributed by atoms with Crippen LogP contribution >= 0.6 is 15.9 Å². The fourth-order valence-corrected chi connectivity index (χ4v) is 3.18. The fourth-order valence-electron chi connectivity index (χ4n) is 2.92. The molecule has 0 aliphatic heterocycles. The smallest absolute Gasteiger partial charge is 0.261 e. The molecule has 0 bridgehead atoms. The van der Waals surface area contributed by atoms with Crippen LogP contribution in [0.5, 0.6) is 0 Å². The highest BCUT2D eigenvalue weighted by Gasteiger charge is 2.11. The van der Waals surface area contributed by atoms with Crippen molar-refractivity contribution in [2.24, 2.45) is 5.10 Å². The lowest BCUT2D eigenvalue weighted by atomic mass is 10.1. The zero-order valence-electron chi connectivity index (χ0n) is 16.1. The van der Waals surface area contributed by atoms with Crippen LogP contribution in [-0.4, -0.2) is 21.1 Å². The van der Waals surface area contributed by atoms with E-state index in [1.54, 1.807) is 24.3 Å². The van der Waals surface area contributed by atoms with Crippen LogP contribution in [-0.2, 0) is 0 Å². The van der Waals surface area contributed by atoms with E-state index >= 15 is 0 Å². The molecule has 0 radical (unpaired) electrons. The van der Waals surface area contributed by atoms with Crippen molar-refractivity contribution < 1.29 is 4.92 Å². The summed E-state index contributed by atoms with van der Waals surface area (Å²) in [5.41, 5.74) is 5.78. The molecule has 1 heterocycles.